The number of piperidine rings is 1. The number of nitrogens with zero attached hydrogens (tertiary/aromatic N) is 1. The molecule has 0 bridgehead atoms. The fourth-order valence-corrected chi connectivity index (χ4v) is 2.57. The summed E-state index contributed by atoms with van der Waals surface area (Å²) in [6.07, 6.45) is 2.30. The lowest BCUT2D eigenvalue weighted by atomic mass is 9.90. The Balaban J connectivity index is 1.82. The van der Waals surface area contributed by atoms with Crippen LogP contribution in [0.3, 0.4) is 0 Å². The molecule has 0 aliphatic carbocycles. The third-order valence-electron chi connectivity index (χ3n) is 3.65. The van der Waals surface area contributed by atoms with Crippen molar-refractivity contribution >= 4 is 5.91 Å². The van der Waals surface area contributed by atoms with Gasteiger partial charge in [0, 0.05) is 13.1 Å². The van der Waals surface area contributed by atoms with Gasteiger partial charge in [0.25, 0.3) is 5.91 Å². The van der Waals surface area contributed by atoms with Crippen molar-refractivity contribution in [1.82, 2.24) is 4.90 Å². The molecule has 1 aliphatic rings. The van der Waals surface area contributed by atoms with Crippen LogP contribution in [0.1, 0.15) is 25.3 Å². The predicted molar refractivity (Wildman–Crippen MR) is 71.1 cm³/mol. The van der Waals surface area contributed by atoms with Gasteiger partial charge in [-0.1, -0.05) is 30.3 Å². The smallest absolute Gasteiger partial charge is 0.251 e. The largest absolute Gasteiger partial charge is 0.384 e. The second kappa shape index (κ2) is 6.01. The van der Waals surface area contributed by atoms with Gasteiger partial charge < -0.3 is 10.0 Å². The number of likely N-dealkylation sites (tertiary alicyclic amines) is 1. The third kappa shape index (κ3) is 3.33. The molecule has 3 heteroatoms. The van der Waals surface area contributed by atoms with Gasteiger partial charge in [0.1, 0.15) is 6.10 Å². The first kappa shape index (κ1) is 13.1. The van der Waals surface area contributed by atoms with Crippen molar-refractivity contribution in [2.75, 3.05) is 13.1 Å². The molecule has 1 saturated heterocycles. The average Bonchev–Trinajstić information content (AvgIpc) is 2.40. The van der Waals surface area contributed by atoms with Crippen LogP contribution in [0.25, 0.3) is 0 Å². The van der Waals surface area contributed by atoms with E-state index in [1.54, 1.807) is 11.8 Å². The van der Waals surface area contributed by atoms with Crippen LogP contribution in [0.5, 0.6) is 0 Å². The lowest BCUT2D eigenvalue weighted by Crippen LogP contribution is -2.43. The van der Waals surface area contributed by atoms with Gasteiger partial charge in [-0.05, 0) is 37.7 Å². The first-order valence-corrected chi connectivity index (χ1v) is 6.67. The highest BCUT2D eigenvalue weighted by Crippen LogP contribution is 2.21. The summed E-state index contributed by atoms with van der Waals surface area (Å²) in [6.45, 7) is 3.10. The molecule has 98 valence electrons. The van der Waals surface area contributed by atoms with Crippen molar-refractivity contribution in [3.05, 3.63) is 35.9 Å². The maximum absolute atomic E-state index is 11.6. The molecule has 1 N–H and O–H groups in total. The number of amides is 1. The zero-order chi connectivity index (χ0) is 13.0. The summed E-state index contributed by atoms with van der Waals surface area (Å²) in [5.74, 6) is 0.526. The second-order valence-corrected chi connectivity index (χ2v) is 5.13. The summed E-state index contributed by atoms with van der Waals surface area (Å²) >= 11 is 0. The summed E-state index contributed by atoms with van der Waals surface area (Å²) in [5.41, 5.74) is 1.37. The Labute approximate surface area is 108 Å². The number of aliphatic hydroxyl groups excluding tert-OH is 1. The average molecular weight is 247 g/mol. The van der Waals surface area contributed by atoms with Crippen molar-refractivity contribution in [2.24, 2.45) is 5.92 Å². The summed E-state index contributed by atoms with van der Waals surface area (Å²) in [7, 11) is 0. The number of hydrogen-bond acceptors (Lipinski definition) is 2. The highest BCUT2D eigenvalue weighted by molar-refractivity contribution is 5.80. The molecule has 1 aromatic carbocycles. The van der Waals surface area contributed by atoms with Crippen LogP contribution >= 0.6 is 0 Å². The summed E-state index contributed by atoms with van der Waals surface area (Å²) in [4.78, 5) is 13.4. The number of carbonyl (C=O) groups excluding carboxylic acids is 1. The van der Waals surface area contributed by atoms with Gasteiger partial charge in [0.05, 0.1) is 0 Å². The van der Waals surface area contributed by atoms with E-state index in [4.69, 9.17) is 0 Å². The fourth-order valence-electron chi connectivity index (χ4n) is 2.57. The molecule has 1 atom stereocenters. The van der Waals surface area contributed by atoms with E-state index in [1.165, 1.54) is 5.56 Å². The standard InChI is InChI=1S/C15H21NO2/c1-12(17)15(18)16-9-7-14(8-10-16)11-13-5-3-2-4-6-13/h2-6,12,14,17H,7-11H2,1H3/t12-/m1/s1. The van der Waals surface area contributed by atoms with Gasteiger partial charge in [-0.2, -0.15) is 0 Å². The minimum Gasteiger partial charge on any atom is -0.384 e. The molecule has 0 radical (unpaired) electrons. The lowest BCUT2D eigenvalue weighted by molar-refractivity contribution is -0.140. The molecule has 0 aromatic heterocycles. The highest BCUT2D eigenvalue weighted by Gasteiger charge is 2.24. The molecular weight excluding hydrogens is 226 g/mol. The van der Waals surface area contributed by atoms with E-state index in [0.717, 1.165) is 32.4 Å². The second-order valence-electron chi connectivity index (χ2n) is 5.13. The van der Waals surface area contributed by atoms with E-state index in [9.17, 15) is 9.90 Å². The Kier molecular flexibility index (Phi) is 4.37. The highest BCUT2D eigenvalue weighted by atomic mass is 16.3. The molecule has 0 spiro atoms. The van der Waals surface area contributed by atoms with Crippen LogP contribution in [-0.2, 0) is 11.2 Å². The number of rotatable bonds is 3. The molecule has 0 saturated carbocycles. The summed E-state index contributed by atoms with van der Waals surface area (Å²) in [6, 6.07) is 10.5. The Morgan fingerprint density at radius 2 is 1.94 bits per heavy atom. The monoisotopic (exact) mass is 247 g/mol. The zero-order valence-electron chi connectivity index (χ0n) is 10.9. The van der Waals surface area contributed by atoms with Crippen molar-refractivity contribution in [3.8, 4) is 0 Å². The number of hydrogen-bond donors (Lipinski definition) is 1. The molecule has 1 aromatic rings. The molecule has 3 nitrogen and oxygen atoms in total. The van der Waals surface area contributed by atoms with Crippen LogP contribution in [0.15, 0.2) is 30.3 Å². The van der Waals surface area contributed by atoms with Gasteiger partial charge in [-0.3, -0.25) is 4.79 Å². The van der Waals surface area contributed by atoms with Crippen LogP contribution in [0, 0.1) is 5.92 Å². The molecular formula is C15H21NO2. The van der Waals surface area contributed by atoms with Gasteiger partial charge in [-0.25, -0.2) is 0 Å². The van der Waals surface area contributed by atoms with E-state index < -0.39 is 6.10 Å². The summed E-state index contributed by atoms with van der Waals surface area (Å²) in [5, 5.41) is 9.28. The Morgan fingerprint density at radius 1 is 1.33 bits per heavy atom. The quantitative estimate of drug-likeness (QED) is 0.885. The Morgan fingerprint density at radius 3 is 2.50 bits per heavy atom. The van der Waals surface area contributed by atoms with Crippen molar-refractivity contribution < 1.29 is 9.90 Å². The Hall–Kier alpha value is -1.35. The van der Waals surface area contributed by atoms with Gasteiger partial charge in [0.15, 0.2) is 0 Å². The van der Waals surface area contributed by atoms with Gasteiger partial charge in [0.2, 0.25) is 0 Å². The molecule has 18 heavy (non-hydrogen) atoms. The summed E-state index contributed by atoms with van der Waals surface area (Å²) < 4.78 is 0. The first-order chi connectivity index (χ1) is 8.66. The zero-order valence-corrected chi connectivity index (χ0v) is 10.9. The van der Waals surface area contributed by atoms with E-state index in [2.05, 4.69) is 24.3 Å². The SMILES string of the molecule is C[C@@H](O)C(=O)N1CCC(Cc2ccccc2)CC1. The van der Waals surface area contributed by atoms with E-state index in [-0.39, 0.29) is 5.91 Å². The lowest BCUT2D eigenvalue weighted by Gasteiger charge is -2.32. The van der Waals surface area contributed by atoms with E-state index >= 15 is 0 Å². The topological polar surface area (TPSA) is 40.5 Å². The third-order valence-corrected chi connectivity index (χ3v) is 3.65. The molecule has 0 unspecified atom stereocenters. The van der Waals surface area contributed by atoms with Crippen LogP contribution in [0.2, 0.25) is 0 Å². The molecule has 1 heterocycles. The van der Waals surface area contributed by atoms with Crippen molar-refractivity contribution in [2.45, 2.75) is 32.3 Å². The number of benzene rings is 1. The first-order valence-electron chi connectivity index (χ1n) is 6.67. The van der Waals surface area contributed by atoms with Gasteiger partial charge in [-0.15, -0.1) is 0 Å². The maximum atomic E-state index is 11.6. The minimum atomic E-state index is -0.865. The van der Waals surface area contributed by atoms with E-state index in [1.807, 2.05) is 6.07 Å². The van der Waals surface area contributed by atoms with E-state index in [0.29, 0.717) is 5.92 Å². The molecule has 1 aliphatic heterocycles. The number of aliphatic hydroxyl groups is 1. The van der Waals surface area contributed by atoms with Gasteiger partial charge >= 0.3 is 0 Å². The van der Waals surface area contributed by atoms with Crippen LogP contribution in [0.4, 0.5) is 0 Å². The predicted octanol–water partition coefficient (Wildman–Crippen LogP) is 1.85. The minimum absolute atomic E-state index is 0.131. The maximum Gasteiger partial charge on any atom is 0.251 e. The number of carbonyl (C=O) groups is 1. The molecule has 2 rings (SSSR count). The molecule has 1 fully saturated rings. The van der Waals surface area contributed by atoms with Crippen LogP contribution < -0.4 is 0 Å². The van der Waals surface area contributed by atoms with Crippen molar-refractivity contribution in [3.63, 3.8) is 0 Å². The fraction of sp³-hybridized carbons (Fsp3) is 0.533. The van der Waals surface area contributed by atoms with Crippen molar-refractivity contribution in [1.29, 1.82) is 0 Å². The Bertz CT molecular complexity index is 381. The molecule has 1 amide bonds. The normalized spacial score (nSPS) is 18.7. The van der Waals surface area contributed by atoms with Crippen LogP contribution in [-0.4, -0.2) is 35.1 Å².